The molecule has 2 rings (SSSR count). The quantitative estimate of drug-likeness (QED) is 0.851. The lowest BCUT2D eigenvalue weighted by Crippen LogP contribution is -2.39. The third-order valence-electron chi connectivity index (χ3n) is 3.98. The molecule has 1 fully saturated rings. The van der Waals surface area contributed by atoms with Crippen LogP contribution >= 0.6 is 0 Å². The maximum absolute atomic E-state index is 12.5. The minimum absolute atomic E-state index is 0.0461. The molecule has 0 spiro atoms. The first kappa shape index (κ1) is 14.8. The standard InChI is InChI=1S/C15H23N3O2/c1-11(2)18-14(19)10-9-13(16-18)15(20)17(3)12-7-5-4-6-8-12/h9-12H,4-8H2,1-3H3. The summed E-state index contributed by atoms with van der Waals surface area (Å²) in [7, 11) is 1.84. The molecule has 0 aliphatic heterocycles. The minimum Gasteiger partial charge on any atom is -0.337 e. The van der Waals surface area contributed by atoms with Crippen molar-refractivity contribution in [2.24, 2.45) is 0 Å². The van der Waals surface area contributed by atoms with Gasteiger partial charge < -0.3 is 4.90 Å². The van der Waals surface area contributed by atoms with E-state index in [1.807, 2.05) is 20.9 Å². The number of amides is 1. The molecule has 20 heavy (non-hydrogen) atoms. The Balaban J connectivity index is 2.20. The topological polar surface area (TPSA) is 55.2 Å². The molecule has 1 amide bonds. The molecule has 1 aliphatic rings. The largest absolute Gasteiger partial charge is 0.337 e. The van der Waals surface area contributed by atoms with Gasteiger partial charge in [0.1, 0.15) is 5.69 Å². The van der Waals surface area contributed by atoms with E-state index < -0.39 is 0 Å². The lowest BCUT2D eigenvalue weighted by molar-refractivity contribution is 0.0687. The van der Waals surface area contributed by atoms with Crippen LogP contribution < -0.4 is 5.56 Å². The highest BCUT2D eigenvalue weighted by Gasteiger charge is 2.24. The zero-order valence-corrected chi connectivity index (χ0v) is 12.5. The number of aromatic nitrogens is 2. The summed E-state index contributed by atoms with van der Waals surface area (Å²) in [4.78, 5) is 25.9. The normalized spacial score (nSPS) is 16.4. The molecule has 1 aromatic rings. The van der Waals surface area contributed by atoms with Gasteiger partial charge in [0.25, 0.3) is 11.5 Å². The van der Waals surface area contributed by atoms with Gasteiger partial charge in [0.2, 0.25) is 0 Å². The Bertz CT molecular complexity index is 530. The Kier molecular flexibility index (Phi) is 4.57. The highest BCUT2D eigenvalue weighted by molar-refractivity contribution is 5.92. The lowest BCUT2D eigenvalue weighted by atomic mass is 9.94. The van der Waals surface area contributed by atoms with Crippen molar-refractivity contribution in [1.82, 2.24) is 14.7 Å². The van der Waals surface area contributed by atoms with Gasteiger partial charge in [-0.15, -0.1) is 0 Å². The van der Waals surface area contributed by atoms with Crippen LogP contribution in [0.1, 0.15) is 62.5 Å². The Hall–Kier alpha value is -1.65. The predicted molar refractivity (Wildman–Crippen MR) is 77.8 cm³/mol. The van der Waals surface area contributed by atoms with Gasteiger partial charge in [-0.1, -0.05) is 19.3 Å². The van der Waals surface area contributed by atoms with Crippen molar-refractivity contribution in [3.8, 4) is 0 Å². The Labute approximate surface area is 119 Å². The van der Waals surface area contributed by atoms with Crippen LogP contribution in [0.2, 0.25) is 0 Å². The number of carbonyl (C=O) groups excluding carboxylic acids is 1. The molecule has 0 aromatic carbocycles. The zero-order chi connectivity index (χ0) is 14.7. The fourth-order valence-electron chi connectivity index (χ4n) is 2.72. The van der Waals surface area contributed by atoms with Gasteiger partial charge in [0.05, 0.1) is 6.04 Å². The molecule has 1 saturated carbocycles. The maximum Gasteiger partial charge on any atom is 0.274 e. The van der Waals surface area contributed by atoms with E-state index in [1.54, 1.807) is 4.90 Å². The average molecular weight is 277 g/mol. The van der Waals surface area contributed by atoms with Crippen molar-refractivity contribution >= 4 is 5.91 Å². The van der Waals surface area contributed by atoms with E-state index in [0.29, 0.717) is 11.7 Å². The van der Waals surface area contributed by atoms with Crippen molar-refractivity contribution in [2.75, 3.05) is 7.05 Å². The Morgan fingerprint density at radius 1 is 1.30 bits per heavy atom. The molecule has 0 atom stereocenters. The third kappa shape index (κ3) is 3.08. The molecule has 0 N–H and O–H groups in total. The third-order valence-corrected chi connectivity index (χ3v) is 3.98. The number of hydrogen-bond donors (Lipinski definition) is 0. The molecule has 1 aromatic heterocycles. The minimum atomic E-state index is -0.170. The highest BCUT2D eigenvalue weighted by Crippen LogP contribution is 2.22. The van der Waals surface area contributed by atoms with Crippen molar-refractivity contribution in [2.45, 2.75) is 58.0 Å². The van der Waals surface area contributed by atoms with Crippen LogP contribution in [0.4, 0.5) is 0 Å². The monoisotopic (exact) mass is 277 g/mol. The van der Waals surface area contributed by atoms with Gasteiger partial charge in [0.15, 0.2) is 0 Å². The molecule has 1 heterocycles. The fourth-order valence-corrected chi connectivity index (χ4v) is 2.72. The summed E-state index contributed by atoms with van der Waals surface area (Å²) in [6.45, 7) is 3.76. The van der Waals surface area contributed by atoms with Crippen LogP contribution in [0.25, 0.3) is 0 Å². The van der Waals surface area contributed by atoms with Gasteiger partial charge in [-0.25, -0.2) is 4.68 Å². The van der Waals surface area contributed by atoms with Crippen molar-refractivity contribution < 1.29 is 4.79 Å². The van der Waals surface area contributed by atoms with Crippen LogP contribution in [0.3, 0.4) is 0 Å². The van der Waals surface area contributed by atoms with Gasteiger partial charge in [0, 0.05) is 19.2 Å². The van der Waals surface area contributed by atoms with Crippen LogP contribution in [-0.2, 0) is 0 Å². The summed E-state index contributed by atoms with van der Waals surface area (Å²) >= 11 is 0. The SMILES string of the molecule is CC(C)n1nc(C(=O)N(C)C2CCCCC2)ccc1=O. The summed E-state index contributed by atoms with van der Waals surface area (Å²) < 4.78 is 1.36. The van der Waals surface area contributed by atoms with Crippen molar-refractivity contribution in [3.05, 3.63) is 28.2 Å². The number of rotatable bonds is 3. The molecule has 5 heteroatoms. The van der Waals surface area contributed by atoms with Gasteiger partial charge in [-0.3, -0.25) is 9.59 Å². The van der Waals surface area contributed by atoms with Crippen LogP contribution in [-0.4, -0.2) is 33.7 Å². The second-order valence-electron chi connectivity index (χ2n) is 5.80. The van der Waals surface area contributed by atoms with Crippen molar-refractivity contribution in [3.63, 3.8) is 0 Å². The van der Waals surface area contributed by atoms with Crippen LogP contribution in [0, 0.1) is 0 Å². The predicted octanol–water partition coefficient (Wildman–Crippen LogP) is 2.23. The smallest absolute Gasteiger partial charge is 0.274 e. The van der Waals surface area contributed by atoms with Crippen molar-refractivity contribution in [1.29, 1.82) is 0 Å². The van der Waals surface area contributed by atoms with Gasteiger partial charge in [-0.05, 0) is 32.8 Å². The zero-order valence-electron chi connectivity index (χ0n) is 12.5. The number of hydrogen-bond acceptors (Lipinski definition) is 3. The second-order valence-corrected chi connectivity index (χ2v) is 5.80. The first-order valence-corrected chi connectivity index (χ1v) is 7.37. The first-order valence-electron chi connectivity index (χ1n) is 7.37. The van der Waals surface area contributed by atoms with Gasteiger partial charge >= 0.3 is 0 Å². The lowest BCUT2D eigenvalue weighted by Gasteiger charge is -2.31. The summed E-state index contributed by atoms with van der Waals surface area (Å²) in [6.07, 6.45) is 5.75. The van der Waals surface area contributed by atoms with Crippen LogP contribution in [0.5, 0.6) is 0 Å². The van der Waals surface area contributed by atoms with E-state index in [-0.39, 0.29) is 17.5 Å². The summed E-state index contributed by atoms with van der Waals surface area (Å²) in [5, 5.41) is 4.20. The first-order chi connectivity index (χ1) is 9.50. The maximum atomic E-state index is 12.5. The molecule has 0 unspecified atom stereocenters. The molecular weight excluding hydrogens is 254 g/mol. The highest BCUT2D eigenvalue weighted by atomic mass is 16.2. The molecule has 0 radical (unpaired) electrons. The van der Waals surface area contributed by atoms with E-state index in [9.17, 15) is 9.59 Å². The number of nitrogens with zero attached hydrogens (tertiary/aromatic N) is 3. The fraction of sp³-hybridized carbons (Fsp3) is 0.667. The molecule has 5 nitrogen and oxygen atoms in total. The summed E-state index contributed by atoms with van der Waals surface area (Å²) in [5.74, 6) is -0.0914. The van der Waals surface area contributed by atoms with E-state index in [1.165, 1.54) is 36.1 Å². The Morgan fingerprint density at radius 3 is 2.55 bits per heavy atom. The van der Waals surface area contributed by atoms with Crippen LogP contribution in [0.15, 0.2) is 16.9 Å². The molecule has 1 aliphatic carbocycles. The van der Waals surface area contributed by atoms with Gasteiger partial charge in [-0.2, -0.15) is 5.10 Å². The van der Waals surface area contributed by atoms with E-state index in [2.05, 4.69) is 5.10 Å². The molecule has 0 bridgehead atoms. The molecule has 110 valence electrons. The summed E-state index contributed by atoms with van der Waals surface area (Å²) in [5.41, 5.74) is 0.184. The molecular formula is C15H23N3O2. The van der Waals surface area contributed by atoms with E-state index in [4.69, 9.17) is 0 Å². The molecule has 0 saturated heterocycles. The van der Waals surface area contributed by atoms with E-state index in [0.717, 1.165) is 12.8 Å². The Morgan fingerprint density at radius 2 is 1.95 bits per heavy atom. The second kappa shape index (κ2) is 6.20. The number of carbonyl (C=O) groups is 1. The average Bonchev–Trinajstić information content (AvgIpc) is 2.47. The van der Waals surface area contributed by atoms with E-state index >= 15 is 0 Å². The summed E-state index contributed by atoms with van der Waals surface area (Å²) in [6, 6.07) is 3.21.